The highest BCUT2D eigenvalue weighted by Crippen LogP contribution is 1.85. The fraction of sp³-hybridized carbons (Fsp3) is 1.00. The molecule has 0 saturated heterocycles. The third-order valence-electron chi connectivity index (χ3n) is 1.54. The largest absolute Gasteiger partial charge is 0.380 e. The maximum Gasteiger partial charge on any atom is 0.148 e. The van der Waals surface area contributed by atoms with E-state index in [2.05, 4.69) is 5.32 Å². The van der Waals surface area contributed by atoms with E-state index in [9.17, 15) is 8.42 Å². The third-order valence-corrected chi connectivity index (χ3v) is 2.48. The van der Waals surface area contributed by atoms with Crippen LogP contribution in [0.1, 0.15) is 13.8 Å². The van der Waals surface area contributed by atoms with Crippen LogP contribution >= 0.6 is 0 Å². The van der Waals surface area contributed by atoms with E-state index in [1.807, 2.05) is 13.8 Å². The average molecular weight is 209 g/mol. The van der Waals surface area contributed by atoms with E-state index in [0.29, 0.717) is 19.8 Å². The lowest BCUT2D eigenvalue weighted by Gasteiger charge is -2.12. The van der Waals surface area contributed by atoms with Crippen LogP contribution in [0, 0.1) is 0 Å². The molecule has 0 aromatic rings. The van der Waals surface area contributed by atoms with Crippen molar-refractivity contribution in [3.8, 4) is 0 Å². The topological polar surface area (TPSA) is 55.4 Å². The summed E-state index contributed by atoms with van der Waals surface area (Å²) in [5.41, 5.74) is 0. The Balaban J connectivity index is 3.42. The van der Waals surface area contributed by atoms with Crippen LogP contribution in [0.15, 0.2) is 0 Å². The summed E-state index contributed by atoms with van der Waals surface area (Å²) in [6.07, 6.45) is 1.24. The fourth-order valence-electron chi connectivity index (χ4n) is 0.844. The Morgan fingerprint density at radius 1 is 1.46 bits per heavy atom. The van der Waals surface area contributed by atoms with Gasteiger partial charge in [0.25, 0.3) is 0 Å². The number of hydrogen-bond donors (Lipinski definition) is 1. The summed E-state index contributed by atoms with van der Waals surface area (Å²) in [4.78, 5) is 0. The van der Waals surface area contributed by atoms with Gasteiger partial charge >= 0.3 is 0 Å². The van der Waals surface area contributed by atoms with Gasteiger partial charge in [0.05, 0.1) is 12.4 Å². The van der Waals surface area contributed by atoms with Crippen LogP contribution in [0.2, 0.25) is 0 Å². The second-order valence-corrected chi connectivity index (χ2v) is 5.40. The Bertz CT molecular complexity index is 213. The smallest absolute Gasteiger partial charge is 0.148 e. The van der Waals surface area contributed by atoms with E-state index in [1.54, 1.807) is 0 Å². The van der Waals surface area contributed by atoms with Gasteiger partial charge in [-0.3, -0.25) is 0 Å². The number of nitrogens with one attached hydrogen (secondary N) is 1. The lowest BCUT2D eigenvalue weighted by molar-refractivity contribution is 0.128. The van der Waals surface area contributed by atoms with Crippen LogP contribution in [0.25, 0.3) is 0 Å². The number of rotatable bonds is 7. The fourth-order valence-corrected chi connectivity index (χ4v) is 1.33. The number of hydrogen-bond acceptors (Lipinski definition) is 4. The Labute approximate surface area is 80.6 Å². The first-order valence-corrected chi connectivity index (χ1v) is 6.50. The zero-order valence-corrected chi connectivity index (χ0v) is 9.36. The van der Waals surface area contributed by atoms with Crippen molar-refractivity contribution in [2.24, 2.45) is 0 Å². The van der Waals surface area contributed by atoms with Crippen molar-refractivity contribution < 1.29 is 13.2 Å². The normalized spacial score (nSPS) is 14.4. The Morgan fingerprint density at radius 2 is 2.08 bits per heavy atom. The van der Waals surface area contributed by atoms with E-state index < -0.39 is 9.84 Å². The second kappa shape index (κ2) is 6.34. The zero-order valence-electron chi connectivity index (χ0n) is 8.54. The van der Waals surface area contributed by atoms with E-state index in [4.69, 9.17) is 4.74 Å². The van der Waals surface area contributed by atoms with Gasteiger partial charge in [-0.05, 0) is 13.8 Å². The van der Waals surface area contributed by atoms with Gasteiger partial charge in [0.2, 0.25) is 0 Å². The number of sulfone groups is 1. The SMILES string of the molecule is CCOCC(C)NCCS(C)(=O)=O. The van der Waals surface area contributed by atoms with Crippen molar-refractivity contribution in [2.75, 3.05) is 31.8 Å². The molecule has 0 aromatic heterocycles. The molecule has 0 spiro atoms. The van der Waals surface area contributed by atoms with Crippen molar-refractivity contribution in [1.82, 2.24) is 5.32 Å². The molecular weight excluding hydrogens is 190 g/mol. The highest BCUT2D eigenvalue weighted by atomic mass is 32.2. The van der Waals surface area contributed by atoms with Gasteiger partial charge in [0.1, 0.15) is 9.84 Å². The summed E-state index contributed by atoms with van der Waals surface area (Å²) in [5.74, 6) is 0.184. The maximum absolute atomic E-state index is 10.8. The van der Waals surface area contributed by atoms with Gasteiger partial charge in [0, 0.05) is 25.4 Å². The molecular formula is C8H19NO3S. The molecule has 80 valence electrons. The summed E-state index contributed by atoms with van der Waals surface area (Å²) in [6, 6.07) is 0.210. The molecule has 0 heterocycles. The first-order valence-electron chi connectivity index (χ1n) is 4.44. The summed E-state index contributed by atoms with van der Waals surface area (Å²) in [5, 5.41) is 3.07. The molecule has 0 aliphatic rings. The molecule has 0 fully saturated rings. The molecule has 0 amide bonds. The quantitative estimate of drug-likeness (QED) is 0.643. The third kappa shape index (κ3) is 9.79. The minimum atomic E-state index is -2.84. The van der Waals surface area contributed by atoms with Gasteiger partial charge in [0.15, 0.2) is 0 Å². The van der Waals surface area contributed by atoms with Crippen LogP contribution in [-0.2, 0) is 14.6 Å². The molecule has 0 aromatic carbocycles. The molecule has 1 N–H and O–H groups in total. The van der Waals surface area contributed by atoms with Crippen LogP contribution in [-0.4, -0.2) is 46.2 Å². The highest BCUT2D eigenvalue weighted by Gasteiger charge is 2.04. The molecule has 1 unspecified atom stereocenters. The van der Waals surface area contributed by atoms with E-state index in [-0.39, 0.29) is 11.8 Å². The molecule has 13 heavy (non-hydrogen) atoms. The van der Waals surface area contributed by atoms with Gasteiger partial charge in [-0.15, -0.1) is 0 Å². The van der Waals surface area contributed by atoms with Crippen LogP contribution in [0.4, 0.5) is 0 Å². The minimum Gasteiger partial charge on any atom is -0.380 e. The van der Waals surface area contributed by atoms with Crippen LogP contribution in [0.3, 0.4) is 0 Å². The Hall–Kier alpha value is -0.130. The maximum atomic E-state index is 10.8. The first-order chi connectivity index (χ1) is 5.95. The molecule has 0 rings (SSSR count). The van der Waals surface area contributed by atoms with Crippen LogP contribution < -0.4 is 5.32 Å². The van der Waals surface area contributed by atoms with Crippen LogP contribution in [0.5, 0.6) is 0 Å². The average Bonchev–Trinajstić information content (AvgIpc) is 1.98. The summed E-state index contributed by atoms with van der Waals surface area (Å²) < 4.78 is 26.7. The summed E-state index contributed by atoms with van der Waals surface area (Å²) in [7, 11) is -2.84. The predicted octanol–water partition coefficient (Wildman–Crippen LogP) is 0.0456. The Kier molecular flexibility index (Phi) is 6.28. The highest BCUT2D eigenvalue weighted by molar-refractivity contribution is 7.90. The molecule has 4 nitrogen and oxygen atoms in total. The van der Waals surface area contributed by atoms with E-state index in [1.165, 1.54) is 6.26 Å². The minimum absolute atomic E-state index is 0.184. The first kappa shape index (κ1) is 12.9. The van der Waals surface area contributed by atoms with E-state index >= 15 is 0 Å². The van der Waals surface area contributed by atoms with Gasteiger partial charge in [-0.1, -0.05) is 0 Å². The van der Waals surface area contributed by atoms with Crippen molar-refractivity contribution >= 4 is 9.84 Å². The lowest BCUT2D eigenvalue weighted by Crippen LogP contribution is -2.34. The van der Waals surface area contributed by atoms with Crippen molar-refractivity contribution in [3.05, 3.63) is 0 Å². The van der Waals surface area contributed by atoms with Crippen molar-refractivity contribution in [3.63, 3.8) is 0 Å². The Morgan fingerprint density at radius 3 is 2.54 bits per heavy atom. The standard InChI is InChI=1S/C8H19NO3S/c1-4-12-7-8(2)9-5-6-13(3,10)11/h8-9H,4-7H2,1-3H3. The molecule has 1 atom stereocenters. The monoisotopic (exact) mass is 209 g/mol. The van der Waals surface area contributed by atoms with Gasteiger partial charge < -0.3 is 10.1 Å². The molecule has 0 aliphatic heterocycles. The molecule has 5 heteroatoms. The summed E-state index contributed by atoms with van der Waals surface area (Å²) >= 11 is 0. The predicted molar refractivity (Wildman–Crippen MR) is 53.7 cm³/mol. The van der Waals surface area contributed by atoms with E-state index in [0.717, 1.165) is 0 Å². The van der Waals surface area contributed by atoms with Gasteiger partial charge in [-0.2, -0.15) is 0 Å². The molecule has 0 saturated carbocycles. The van der Waals surface area contributed by atoms with Crippen molar-refractivity contribution in [1.29, 1.82) is 0 Å². The second-order valence-electron chi connectivity index (χ2n) is 3.14. The molecule has 0 bridgehead atoms. The molecule has 0 aliphatic carbocycles. The van der Waals surface area contributed by atoms with Crippen molar-refractivity contribution in [2.45, 2.75) is 19.9 Å². The number of ether oxygens (including phenoxy) is 1. The lowest BCUT2D eigenvalue weighted by atomic mass is 10.3. The molecule has 0 radical (unpaired) electrons. The zero-order chi connectivity index (χ0) is 10.3. The van der Waals surface area contributed by atoms with Gasteiger partial charge in [-0.25, -0.2) is 8.42 Å². The summed E-state index contributed by atoms with van der Waals surface area (Å²) in [6.45, 7) is 5.71.